The minimum atomic E-state index is -0.0961. The van der Waals surface area contributed by atoms with Gasteiger partial charge >= 0.3 is 0 Å². The van der Waals surface area contributed by atoms with Crippen molar-refractivity contribution >= 4 is 22.9 Å². The molecule has 2 saturated heterocycles. The summed E-state index contributed by atoms with van der Waals surface area (Å²) in [6.07, 6.45) is 1.33. The number of nitrogens with one attached hydrogen (secondary N) is 1. The van der Waals surface area contributed by atoms with Crippen LogP contribution in [0.2, 0.25) is 0 Å². The number of rotatable bonds is 6. The molecule has 2 unspecified atom stereocenters. The molecule has 0 aliphatic carbocycles. The minimum absolute atomic E-state index is 0.00542. The Morgan fingerprint density at radius 2 is 1.81 bits per heavy atom. The molecule has 0 spiro atoms. The molecule has 1 aromatic rings. The molecule has 2 atom stereocenters. The predicted molar refractivity (Wildman–Crippen MR) is 106 cm³/mol. The molecular weight excluding hydrogens is 346 g/mol. The molecular formula is C20H29N3O2S. The molecule has 142 valence electrons. The highest BCUT2D eigenvalue weighted by molar-refractivity contribution is 8.13. The van der Waals surface area contributed by atoms with Crippen LogP contribution in [0.5, 0.6) is 0 Å². The third-order valence-corrected chi connectivity index (χ3v) is 5.93. The first-order valence-corrected chi connectivity index (χ1v) is 10.5. The predicted octanol–water partition coefficient (Wildman–Crippen LogP) is 2.95. The van der Waals surface area contributed by atoms with Crippen molar-refractivity contribution in [2.24, 2.45) is 11.8 Å². The number of carbonyl (C=O) groups excluding carboxylic acids is 2. The van der Waals surface area contributed by atoms with Crippen molar-refractivity contribution in [3.63, 3.8) is 0 Å². The van der Waals surface area contributed by atoms with E-state index in [1.165, 1.54) is 36.8 Å². The number of piperidine rings is 1. The normalized spacial score (nSPS) is 24.1. The van der Waals surface area contributed by atoms with Gasteiger partial charge in [0, 0.05) is 38.5 Å². The molecule has 6 heteroatoms. The summed E-state index contributed by atoms with van der Waals surface area (Å²) in [7, 11) is 0. The van der Waals surface area contributed by atoms with Gasteiger partial charge in [0.25, 0.3) is 5.24 Å². The highest BCUT2D eigenvalue weighted by atomic mass is 32.2. The first-order valence-electron chi connectivity index (χ1n) is 9.48. The lowest BCUT2D eigenvalue weighted by Crippen LogP contribution is -2.38. The summed E-state index contributed by atoms with van der Waals surface area (Å²) in [6.45, 7) is 9.35. The van der Waals surface area contributed by atoms with Gasteiger partial charge in [0.05, 0.1) is 0 Å². The van der Waals surface area contributed by atoms with E-state index in [9.17, 15) is 9.59 Å². The average molecular weight is 376 g/mol. The number of thioether (sulfide) groups is 1. The summed E-state index contributed by atoms with van der Waals surface area (Å²) in [6, 6.07) is 8.49. The Balaban J connectivity index is 1.44. The second-order valence-corrected chi connectivity index (χ2v) is 8.82. The highest BCUT2D eigenvalue weighted by Gasteiger charge is 2.23. The van der Waals surface area contributed by atoms with Gasteiger partial charge in [0.15, 0.2) is 0 Å². The van der Waals surface area contributed by atoms with Crippen LogP contribution in [0, 0.1) is 11.8 Å². The van der Waals surface area contributed by atoms with E-state index in [2.05, 4.69) is 48.3 Å². The fourth-order valence-corrected chi connectivity index (χ4v) is 4.77. The maximum Gasteiger partial charge on any atom is 0.282 e. The van der Waals surface area contributed by atoms with Gasteiger partial charge in [-0.1, -0.05) is 49.9 Å². The molecule has 2 amide bonds. The van der Waals surface area contributed by atoms with E-state index in [4.69, 9.17) is 0 Å². The molecule has 3 rings (SSSR count). The van der Waals surface area contributed by atoms with Crippen LogP contribution in [0.1, 0.15) is 31.4 Å². The van der Waals surface area contributed by atoms with E-state index < -0.39 is 0 Å². The van der Waals surface area contributed by atoms with Gasteiger partial charge in [-0.25, -0.2) is 0 Å². The number of benzene rings is 1. The number of carbonyl (C=O) groups is 2. The molecule has 2 aliphatic heterocycles. The van der Waals surface area contributed by atoms with Crippen molar-refractivity contribution < 1.29 is 9.59 Å². The largest absolute Gasteiger partial charge is 0.350 e. The van der Waals surface area contributed by atoms with Gasteiger partial charge in [0.2, 0.25) is 5.91 Å². The number of hydrogen-bond acceptors (Lipinski definition) is 4. The maximum absolute atomic E-state index is 12.0. The van der Waals surface area contributed by atoms with Crippen molar-refractivity contribution in [1.82, 2.24) is 15.1 Å². The van der Waals surface area contributed by atoms with Crippen LogP contribution in [-0.2, 0) is 17.9 Å². The minimum Gasteiger partial charge on any atom is -0.350 e. The third-order valence-electron chi connectivity index (χ3n) is 5.04. The standard InChI is InChI=1S/C20H29N3O2S/c1-15-9-16(2)12-22(11-15)13-18-5-3-17(4-6-18)10-21-19(24)14-23-7-8-26-20(23)25/h3-6,15-16H,7-14H2,1-2H3,(H,21,24). The Morgan fingerprint density at radius 3 is 2.42 bits per heavy atom. The topological polar surface area (TPSA) is 52.7 Å². The zero-order chi connectivity index (χ0) is 18.5. The van der Waals surface area contributed by atoms with Crippen LogP contribution in [-0.4, -0.2) is 52.9 Å². The van der Waals surface area contributed by atoms with E-state index >= 15 is 0 Å². The van der Waals surface area contributed by atoms with Crippen molar-refractivity contribution in [3.8, 4) is 0 Å². The summed E-state index contributed by atoms with van der Waals surface area (Å²) in [5, 5.41) is 2.91. The molecule has 2 aliphatic rings. The van der Waals surface area contributed by atoms with Crippen molar-refractivity contribution in [2.45, 2.75) is 33.4 Å². The van der Waals surface area contributed by atoms with Gasteiger partial charge in [-0.05, 0) is 29.4 Å². The van der Waals surface area contributed by atoms with Gasteiger partial charge in [-0.2, -0.15) is 0 Å². The van der Waals surface area contributed by atoms with Gasteiger partial charge in [0.1, 0.15) is 6.54 Å². The smallest absolute Gasteiger partial charge is 0.282 e. The van der Waals surface area contributed by atoms with Crippen LogP contribution < -0.4 is 5.32 Å². The SMILES string of the molecule is CC1CC(C)CN(Cc2ccc(CNC(=O)CN3CCSC3=O)cc2)C1. The van der Waals surface area contributed by atoms with Crippen molar-refractivity contribution in [3.05, 3.63) is 35.4 Å². The van der Waals surface area contributed by atoms with Crippen molar-refractivity contribution in [1.29, 1.82) is 0 Å². The first-order chi connectivity index (χ1) is 12.5. The molecule has 0 aromatic heterocycles. The lowest BCUT2D eigenvalue weighted by Gasteiger charge is -2.35. The monoisotopic (exact) mass is 375 g/mol. The molecule has 2 fully saturated rings. The third kappa shape index (κ3) is 5.48. The summed E-state index contributed by atoms with van der Waals surface area (Å²) < 4.78 is 0. The Labute approximate surface area is 160 Å². The Morgan fingerprint density at radius 1 is 1.15 bits per heavy atom. The molecule has 1 N–H and O–H groups in total. The number of hydrogen-bond donors (Lipinski definition) is 1. The van der Waals surface area contributed by atoms with Gasteiger partial charge in [-0.3, -0.25) is 14.5 Å². The van der Waals surface area contributed by atoms with Crippen LogP contribution in [0.4, 0.5) is 4.79 Å². The molecule has 1 aromatic carbocycles. The quantitative estimate of drug-likeness (QED) is 0.831. The van der Waals surface area contributed by atoms with Crippen LogP contribution in [0.3, 0.4) is 0 Å². The summed E-state index contributed by atoms with van der Waals surface area (Å²) in [4.78, 5) is 27.7. The lowest BCUT2D eigenvalue weighted by molar-refractivity contribution is -0.121. The molecule has 0 bridgehead atoms. The van der Waals surface area contributed by atoms with E-state index in [0.717, 1.165) is 29.7 Å². The zero-order valence-corrected chi connectivity index (χ0v) is 16.6. The van der Waals surface area contributed by atoms with E-state index in [1.54, 1.807) is 4.90 Å². The number of likely N-dealkylation sites (tertiary alicyclic amines) is 1. The van der Waals surface area contributed by atoms with Crippen LogP contribution in [0.15, 0.2) is 24.3 Å². The fraction of sp³-hybridized carbons (Fsp3) is 0.600. The maximum atomic E-state index is 12.0. The second kappa shape index (κ2) is 8.91. The fourth-order valence-electron chi connectivity index (χ4n) is 3.94. The highest BCUT2D eigenvalue weighted by Crippen LogP contribution is 2.22. The van der Waals surface area contributed by atoms with Crippen LogP contribution in [0.25, 0.3) is 0 Å². The Bertz CT molecular complexity index is 624. The summed E-state index contributed by atoms with van der Waals surface area (Å²) >= 11 is 1.28. The number of nitrogens with zero attached hydrogens (tertiary/aromatic N) is 2. The number of amides is 2. The lowest BCUT2D eigenvalue weighted by atomic mass is 9.91. The summed E-state index contributed by atoms with van der Waals surface area (Å²) in [5.41, 5.74) is 2.41. The van der Waals surface area contributed by atoms with Crippen LogP contribution >= 0.6 is 11.8 Å². The first kappa shape index (κ1) is 19.2. The summed E-state index contributed by atoms with van der Waals surface area (Å²) in [5.74, 6) is 2.23. The Kier molecular flexibility index (Phi) is 6.59. The van der Waals surface area contributed by atoms with Gasteiger partial charge in [-0.15, -0.1) is 0 Å². The Hall–Kier alpha value is -1.53. The zero-order valence-electron chi connectivity index (χ0n) is 15.7. The molecule has 2 heterocycles. The molecule has 26 heavy (non-hydrogen) atoms. The van der Waals surface area contributed by atoms with E-state index in [-0.39, 0.29) is 17.7 Å². The average Bonchev–Trinajstić information content (AvgIpc) is 2.98. The van der Waals surface area contributed by atoms with E-state index in [0.29, 0.717) is 13.1 Å². The van der Waals surface area contributed by atoms with Gasteiger partial charge < -0.3 is 10.2 Å². The van der Waals surface area contributed by atoms with Crippen molar-refractivity contribution in [2.75, 3.05) is 31.9 Å². The molecule has 0 saturated carbocycles. The molecule has 0 radical (unpaired) electrons. The van der Waals surface area contributed by atoms with E-state index in [1.807, 2.05) is 0 Å². The molecule has 5 nitrogen and oxygen atoms in total. The second-order valence-electron chi connectivity index (χ2n) is 7.77.